The molecule has 0 radical (unpaired) electrons. The number of hydroxylamine groups is 1. The van der Waals surface area contributed by atoms with Gasteiger partial charge in [-0.3, -0.25) is 4.68 Å². The van der Waals surface area contributed by atoms with E-state index in [0.29, 0.717) is 12.6 Å². The summed E-state index contributed by atoms with van der Waals surface area (Å²) >= 11 is 0. The average Bonchev–Trinajstić information content (AvgIpc) is 2.58. The van der Waals surface area contributed by atoms with E-state index in [1.165, 1.54) is 17.7 Å². The molecule has 0 bridgehead atoms. The third-order valence-corrected chi connectivity index (χ3v) is 2.75. The number of hydrogen-bond acceptors (Lipinski definition) is 3. The number of rotatable bonds is 3. The lowest BCUT2D eigenvalue weighted by Crippen LogP contribution is -2.25. The molecule has 0 spiro atoms. The molecule has 1 aromatic rings. The van der Waals surface area contributed by atoms with Gasteiger partial charge in [-0.15, -0.1) is 0 Å². The van der Waals surface area contributed by atoms with E-state index >= 15 is 0 Å². The number of nitrogens with zero attached hydrogens (tertiary/aromatic N) is 2. The van der Waals surface area contributed by atoms with Crippen LogP contribution in [0.5, 0.6) is 0 Å². The predicted octanol–water partition coefficient (Wildman–Crippen LogP) is 1.34. The summed E-state index contributed by atoms with van der Waals surface area (Å²) in [5.41, 5.74) is 5.73. The van der Waals surface area contributed by atoms with Crippen LogP contribution in [0.1, 0.15) is 37.1 Å². The Morgan fingerprint density at radius 2 is 2.57 bits per heavy atom. The second-order valence-electron chi connectivity index (χ2n) is 3.67. The maximum absolute atomic E-state index is 5.25. The predicted molar refractivity (Wildman–Crippen MR) is 53.6 cm³/mol. The summed E-state index contributed by atoms with van der Waals surface area (Å²) in [6.45, 7) is 2.69. The molecule has 0 saturated heterocycles. The standard InChI is InChI=1S/C10H17N3O/c1-3-14-12-9-5-4-6-10-8(9)7-11-13(10)2/h7,9,12H,3-6H2,1-2H3. The third-order valence-electron chi connectivity index (χ3n) is 2.75. The molecule has 1 unspecified atom stereocenters. The van der Waals surface area contributed by atoms with Gasteiger partial charge in [-0.25, -0.2) is 0 Å². The molecule has 0 saturated carbocycles. The minimum absolute atomic E-state index is 0.326. The number of aryl methyl sites for hydroxylation is 1. The van der Waals surface area contributed by atoms with Crippen molar-refractivity contribution in [3.05, 3.63) is 17.5 Å². The zero-order chi connectivity index (χ0) is 9.97. The Morgan fingerprint density at radius 3 is 3.36 bits per heavy atom. The molecule has 78 valence electrons. The molecule has 1 heterocycles. The number of aromatic nitrogens is 2. The highest BCUT2D eigenvalue weighted by molar-refractivity contribution is 5.24. The molecule has 1 aliphatic rings. The van der Waals surface area contributed by atoms with Gasteiger partial charge in [-0.05, 0) is 26.2 Å². The van der Waals surface area contributed by atoms with Gasteiger partial charge in [0.2, 0.25) is 0 Å². The molecule has 1 aromatic heterocycles. The molecule has 0 amide bonds. The van der Waals surface area contributed by atoms with Crippen molar-refractivity contribution < 1.29 is 4.84 Å². The Morgan fingerprint density at radius 1 is 1.71 bits per heavy atom. The largest absolute Gasteiger partial charge is 0.302 e. The summed E-state index contributed by atoms with van der Waals surface area (Å²) in [6.07, 6.45) is 5.43. The lowest BCUT2D eigenvalue weighted by Gasteiger charge is -2.23. The van der Waals surface area contributed by atoms with Crippen molar-refractivity contribution >= 4 is 0 Å². The summed E-state index contributed by atoms with van der Waals surface area (Å²) in [6, 6.07) is 0.326. The van der Waals surface area contributed by atoms with E-state index < -0.39 is 0 Å². The normalized spacial score (nSPS) is 20.9. The number of fused-ring (bicyclic) bond motifs is 1. The SMILES string of the molecule is CCONC1CCCc2c1cnn2C. The summed E-state index contributed by atoms with van der Waals surface area (Å²) in [5, 5.41) is 4.28. The first-order chi connectivity index (χ1) is 6.83. The molecular weight excluding hydrogens is 178 g/mol. The maximum Gasteiger partial charge on any atom is 0.0654 e. The van der Waals surface area contributed by atoms with Crippen molar-refractivity contribution in [1.82, 2.24) is 15.3 Å². The van der Waals surface area contributed by atoms with Crippen molar-refractivity contribution in [2.75, 3.05) is 6.61 Å². The van der Waals surface area contributed by atoms with Gasteiger partial charge in [0.05, 0.1) is 18.8 Å². The highest BCUT2D eigenvalue weighted by Crippen LogP contribution is 2.28. The van der Waals surface area contributed by atoms with E-state index in [9.17, 15) is 0 Å². The van der Waals surface area contributed by atoms with Crippen LogP contribution in [-0.2, 0) is 18.3 Å². The monoisotopic (exact) mass is 195 g/mol. The fraction of sp³-hybridized carbons (Fsp3) is 0.700. The Balaban J connectivity index is 2.14. The molecule has 14 heavy (non-hydrogen) atoms. The van der Waals surface area contributed by atoms with Gasteiger partial charge < -0.3 is 4.84 Å². The number of hydrogen-bond donors (Lipinski definition) is 1. The van der Waals surface area contributed by atoms with Crippen molar-refractivity contribution in [2.24, 2.45) is 7.05 Å². The number of nitrogens with one attached hydrogen (secondary N) is 1. The van der Waals surface area contributed by atoms with Crippen LogP contribution in [0.25, 0.3) is 0 Å². The summed E-state index contributed by atoms with van der Waals surface area (Å²) < 4.78 is 1.97. The minimum Gasteiger partial charge on any atom is -0.302 e. The van der Waals surface area contributed by atoms with Crippen molar-refractivity contribution in [2.45, 2.75) is 32.2 Å². The lowest BCUT2D eigenvalue weighted by atomic mass is 9.94. The van der Waals surface area contributed by atoms with Crippen LogP contribution in [0.3, 0.4) is 0 Å². The first-order valence-corrected chi connectivity index (χ1v) is 5.21. The van der Waals surface area contributed by atoms with Gasteiger partial charge in [0.25, 0.3) is 0 Å². The lowest BCUT2D eigenvalue weighted by molar-refractivity contribution is 0.0196. The molecule has 1 N–H and O–H groups in total. The van der Waals surface area contributed by atoms with Crippen LogP contribution in [0, 0.1) is 0 Å². The molecule has 4 heteroatoms. The second-order valence-corrected chi connectivity index (χ2v) is 3.67. The van der Waals surface area contributed by atoms with Crippen molar-refractivity contribution in [3.8, 4) is 0 Å². The molecule has 0 fully saturated rings. The van der Waals surface area contributed by atoms with Gasteiger partial charge in [0, 0.05) is 18.3 Å². The highest BCUT2D eigenvalue weighted by Gasteiger charge is 2.22. The van der Waals surface area contributed by atoms with Crippen molar-refractivity contribution in [3.63, 3.8) is 0 Å². The van der Waals surface area contributed by atoms with Gasteiger partial charge in [-0.2, -0.15) is 10.6 Å². The van der Waals surface area contributed by atoms with Crippen molar-refractivity contribution in [1.29, 1.82) is 0 Å². The third kappa shape index (κ3) is 1.67. The van der Waals surface area contributed by atoms with Gasteiger partial charge in [0.1, 0.15) is 0 Å². The quantitative estimate of drug-likeness (QED) is 0.740. The molecule has 0 aliphatic heterocycles. The topological polar surface area (TPSA) is 39.1 Å². The Hall–Kier alpha value is -0.870. The zero-order valence-electron chi connectivity index (χ0n) is 8.79. The first-order valence-electron chi connectivity index (χ1n) is 5.21. The van der Waals surface area contributed by atoms with Crippen LogP contribution < -0.4 is 5.48 Å². The molecule has 1 aliphatic carbocycles. The molecule has 4 nitrogen and oxygen atoms in total. The van der Waals surface area contributed by atoms with E-state index in [-0.39, 0.29) is 0 Å². The fourth-order valence-corrected chi connectivity index (χ4v) is 2.01. The zero-order valence-corrected chi connectivity index (χ0v) is 8.79. The van der Waals surface area contributed by atoms with Gasteiger partial charge in [0.15, 0.2) is 0 Å². The van der Waals surface area contributed by atoms with Crippen LogP contribution >= 0.6 is 0 Å². The first kappa shape index (κ1) is 9.68. The van der Waals surface area contributed by atoms with Crippen LogP contribution in [0.15, 0.2) is 6.20 Å². The fourth-order valence-electron chi connectivity index (χ4n) is 2.01. The van der Waals surface area contributed by atoms with Gasteiger partial charge >= 0.3 is 0 Å². The van der Waals surface area contributed by atoms with Crippen LogP contribution in [-0.4, -0.2) is 16.4 Å². The average molecular weight is 195 g/mol. The minimum atomic E-state index is 0.326. The van der Waals surface area contributed by atoms with E-state index in [1.807, 2.05) is 24.9 Å². The molecule has 1 atom stereocenters. The van der Waals surface area contributed by atoms with Crippen LogP contribution in [0.2, 0.25) is 0 Å². The van der Waals surface area contributed by atoms with Crippen LogP contribution in [0.4, 0.5) is 0 Å². The van der Waals surface area contributed by atoms with E-state index in [0.717, 1.165) is 12.8 Å². The van der Waals surface area contributed by atoms with E-state index in [2.05, 4.69) is 10.6 Å². The Labute approximate surface area is 84.2 Å². The maximum atomic E-state index is 5.25. The Bertz CT molecular complexity index is 308. The van der Waals surface area contributed by atoms with E-state index in [4.69, 9.17) is 4.84 Å². The Kier molecular flexibility index (Phi) is 2.84. The van der Waals surface area contributed by atoms with E-state index in [1.54, 1.807) is 0 Å². The summed E-state index contributed by atoms with van der Waals surface area (Å²) in [5.74, 6) is 0. The molecular formula is C10H17N3O. The second kappa shape index (κ2) is 4.11. The van der Waals surface area contributed by atoms with Gasteiger partial charge in [-0.1, -0.05) is 0 Å². The molecule has 2 rings (SSSR count). The summed E-state index contributed by atoms with van der Waals surface area (Å²) in [7, 11) is 2.00. The highest BCUT2D eigenvalue weighted by atomic mass is 16.6. The molecule has 0 aromatic carbocycles. The summed E-state index contributed by atoms with van der Waals surface area (Å²) in [4.78, 5) is 5.25. The smallest absolute Gasteiger partial charge is 0.0654 e.